The second-order valence-electron chi connectivity index (χ2n) is 7.88. The molecule has 3 aromatic rings. The summed E-state index contributed by atoms with van der Waals surface area (Å²) in [6, 6.07) is 14.8. The quantitative estimate of drug-likeness (QED) is 0.485. The Kier molecular flexibility index (Phi) is 7.39. The summed E-state index contributed by atoms with van der Waals surface area (Å²) in [6.07, 6.45) is 3.47. The average Bonchev–Trinajstić information content (AvgIpc) is 3.44. The number of nitrogens with one attached hydrogen (secondary N) is 2. The van der Waals surface area contributed by atoms with Crippen molar-refractivity contribution in [1.82, 2.24) is 20.2 Å². The first-order valence-corrected chi connectivity index (χ1v) is 11.3. The number of hydrogen-bond acceptors (Lipinski definition) is 4. The first kappa shape index (κ1) is 22.3. The summed E-state index contributed by atoms with van der Waals surface area (Å²) >= 11 is 6.09. The molecule has 2 N–H and O–H groups in total. The predicted octanol–water partition coefficient (Wildman–Crippen LogP) is 3.35. The summed E-state index contributed by atoms with van der Waals surface area (Å²) in [6.45, 7) is 1.99. The second-order valence-corrected chi connectivity index (χ2v) is 8.29. The van der Waals surface area contributed by atoms with Gasteiger partial charge in [-0.3, -0.25) is 9.59 Å². The summed E-state index contributed by atoms with van der Waals surface area (Å²) in [4.78, 5) is 29.6. The molecule has 0 bridgehead atoms. The van der Waals surface area contributed by atoms with E-state index in [1.807, 2.05) is 28.8 Å². The van der Waals surface area contributed by atoms with Crippen molar-refractivity contribution in [3.8, 4) is 0 Å². The molecule has 1 fully saturated rings. The first-order valence-electron chi connectivity index (χ1n) is 11.0. The van der Waals surface area contributed by atoms with Crippen LogP contribution in [0.1, 0.15) is 35.4 Å². The Morgan fingerprint density at radius 3 is 2.75 bits per heavy atom. The summed E-state index contributed by atoms with van der Waals surface area (Å²) in [5.41, 5.74) is 2.24. The predicted molar refractivity (Wildman–Crippen MR) is 124 cm³/mol. The minimum atomic E-state index is -0.197. The second kappa shape index (κ2) is 10.6. The smallest absolute Gasteiger partial charge is 0.252 e. The zero-order chi connectivity index (χ0) is 22.3. The highest BCUT2D eigenvalue weighted by Crippen LogP contribution is 2.18. The zero-order valence-corrected chi connectivity index (χ0v) is 18.6. The Bertz CT molecular complexity index is 1090. The molecule has 2 heterocycles. The Morgan fingerprint density at radius 1 is 1.12 bits per heavy atom. The summed E-state index contributed by atoms with van der Waals surface area (Å²) < 4.78 is 7.53. The number of para-hydroxylation sites is 2. The third-order valence-electron chi connectivity index (χ3n) is 5.57. The molecule has 0 radical (unpaired) electrons. The maximum atomic E-state index is 12.6. The molecular weight excluding hydrogens is 428 g/mol. The van der Waals surface area contributed by atoms with E-state index in [9.17, 15) is 9.59 Å². The number of imidazole rings is 1. The van der Waals surface area contributed by atoms with Crippen LogP contribution in [0.2, 0.25) is 5.02 Å². The van der Waals surface area contributed by atoms with Gasteiger partial charge >= 0.3 is 0 Å². The minimum absolute atomic E-state index is 0.0584. The largest absolute Gasteiger partial charge is 0.376 e. The van der Waals surface area contributed by atoms with Crippen LogP contribution in [0, 0.1) is 0 Å². The number of fused-ring (bicyclic) bond motifs is 1. The van der Waals surface area contributed by atoms with Crippen LogP contribution in [0.3, 0.4) is 0 Å². The fourth-order valence-corrected chi connectivity index (χ4v) is 4.14. The maximum absolute atomic E-state index is 12.6. The van der Waals surface area contributed by atoms with Gasteiger partial charge in [-0.05, 0) is 43.5 Å². The van der Waals surface area contributed by atoms with Gasteiger partial charge in [-0.25, -0.2) is 4.98 Å². The van der Waals surface area contributed by atoms with Crippen molar-refractivity contribution in [3.05, 3.63) is 64.9 Å². The fourth-order valence-electron chi connectivity index (χ4n) is 3.91. The van der Waals surface area contributed by atoms with Crippen LogP contribution in [0.15, 0.2) is 48.5 Å². The van der Waals surface area contributed by atoms with Crippen LogP contribution in [-0.4, -0.2) is 47.2 Å². The lowest BCUT2D eigenvalue weighted by Crippen LogP contribution is -2.34. The number of carbonyl (C=O) groups excluding carboxylic acids is 2. The Balaban J connectivity index is 1.36. The van der Waals surface area contributed by atoms with Crippen LogP contribution in [0.5, 0.6) is 0 Å². The van der Waals surface area contributed by atoms with E-state index in [1.54, 1.807) is 24.3 Å². The molecule has 168 valence electrons. The number of halogens is 1. The third-order valence-corrected chi connectivity index (χ3v) is 5.90. The molecule has 7 nitrogen and oxygen atoms in total. The van der Waals surface area contributed by atoms with E-state index in [0.717, 1.165) is 36.3 Å². The molecule has 0 saturated carbocycles. The third kappa shape index (κ3) is 5.47. The SMILES string of the molecule is O=C(Cn1c(CCCNC(=O)c2ccccc2Cl)nc2ccccc21)NCC1CCCO1. The van der Waals surface area contributed by atoms with Crippen LogP contribution in [0.4, 0.5) is 0 Å². The van der Waals surface area contributed by atoms with Crippen LogP contribution < -0.4 is 10.6 Å². The highest BCUT2D eigenvalue weighted by atomic mass is 35.5. The summed E-state index contributed by atoms with van der Waals surface area (Å²) in [5.74, 6) is 0.569. The van der Waals surface area contributed by atoms with Gasteiger partial charge in [0.25, 0.3) is 5.91 Å². The van der Waals surface area contributed by atoms with Gasteiger partial charge in [-0.2, -0.15) is 0 Å². The number of ether oxygens (including phenoxy) is 1. The number of benzene rings is 2. The lowest BCUT2D eigenvalue weighted by atomic mass is 10.2. The van der Waals surface area contributed by atoms with Crippen molar-refractivity contribution in [2.75, 3.05) is 19.7 Å². The maximum Gasteiger partial charge on any atom is 0.252 e. The van der Waals surface area contributed by atoms with Crippen molar-refractivity contribution in [3.63, 3.8) is 0 Å². The molecule has 1 saturated heterocycles. The molecule has 2 amide bonds. The number of carbonyl (C=O) groups is 2. The number of rotatable bonds is 9. The molecule has 1 aliphatic heterocycles. The van der Waals surface area contributed by atoms with Gasteiger partial charge < -0.3 is 19.9 Å². The molecule has 1 aliphatic rings. The molecule has 4 rings (SSSR count). The van der Waals surface area contributed by atoms with Crippen LogP contribution in [-0.2, 0) is 22.5 Å². The molecule has 1 aromatic heterocycles. The lowest BCUT2D eigenvalue weighted by molar-refractivity contribution is -0.122. The van der Waals surface area contributed by atoms with Gasteiger partial charge in [-0.1, -0.05) is 35.9 Å². The summed E-state index contributed by atoms with van der Waals surface area (Å²) in [5, 5.41) is 6.31. The van der Waals surface area contributed by atoms with Crippen molar-refractivity contribution in [1.29, 1.82) is 0 Å². The molecule has 1 atom stereocenters. The lowest BCUT2D eigenvalue weighted by Gasteiger charge is -2.13. The standard InChI is InChI=1S/C24H27ClN4O3/c25-19-9-2-1-8-18(19)24(31)26-13-5-12-22-28-20-10-3-4-11-21(20)29(22)16-23(30)27-15-17-7-6-14-32-17/h1-4,8-11,17H,5-7,12-16H2,(H,26,31)(H,27,30). The van der Waals surface area contributed by atoms with Gasteiger partial charge in [0.2, 0.25) is 5.91 Å². The van der Waals surface area contributed by atoms with Gasteiger partial charge in [0.1, 0.15) is 12.4 Å². The average molecular weight is 455 g/mol. The van der Waals surface area contributed by atoms with E-state index < -0.39 is 0 Å². The van der Waals surface area contributed by atoms with Crippen LogP contribution >= 0.6 is 11.6 Å². The van der Waals surface area contributed by atoms with E-state index >= 15 is 0 Å². The molecule has 0 spiro atoms. The Hall–Kier alpha value is -2.90. The van der Waals surface area contributed by atoms with E-state index in [0.29, 0.717) is 36.5 Å². The molecular formula is C24H27ClN4O3. The zero-order valence-electron chi connectivity index (χ0n) is 17.9. The number of nitrogens with zero attached hydrogens (tertiary/aromatic N) is 2. The normalized spacial score (nSPS) is 15.7. The number of aromatic nitrogens is 2. The first-order chi connectivity index (χ1) is 15.6. The highest BCUT2D eigenvalue weighted by Gasteiger charge is 2.18. The minimum Gasteiger partial charge on any atom is -0.376 e. The van der Waals surface area contributed by atoms with E-state index in [4.69, 9.17) is 21.3 Å². The Labute approximate surface area is 192 Å². The number of amides is 2. The highest BCUT2D eigenvalue weighted by molar-refractivity contribution is 6.33. The number of hydrogen-bond donors (Lipinski definition) is 2. The molecule has 8 heteroatoms. The fraction of sp³-hybridized carbons (Fsp3) is 0.375. The van der Waals surface area contributed by atoms with E-state index in [-0.39, 0.29) is 24.5 Å². The molecule has 0 aliphatic carbocycles. The molecule has 32 heavy (non-hydrogen) atoms. The van der Waals surface area contributed by atoms with Gasteiger partial charge in [0.15, 0.2) is 0 Å². The van der Waals surface area contributed by atoms with Crippen LogP contribution in [0.25, 0.3) is 11.0 Å². The van der Waals surface area contributed by atoms with Crippen molar-refractivity contribution >= 4 is 34.4 Å². The van der Waals surface area contributed by atoms with E-state index in [2.05, 4.69) is 10.6 Å². The number of aryl methyl sites for hydroxylation is 1. The van der Waals surface area contributed by atoms with E-state index in [1.165, 1.54) is 0 Å². The van der Waals surface area contributed by atoms with Gasteiger partial charge in [0.05, 0.1) is 27.7 Å². The Morgan fingerprint density at radius 2 is 1.94 bits per heavy atom. The van der Waals surface area contributed by atoms with Gasteiger partial charge in [-0.15, -0.1) is 0 Å². The molecule has 2 aromatic carbocycles. The monoisotopic (exact) mass is 454 g/mol. The van der Waals surface area contributed by atoms with Gasteiger partial charge in [0, 0.05) is 26.1 Å². The van der Waals surface area contributed by atoms with Crippen molar-refractivity contribution in [2.45, 2.75) is 38.3 Å². The topological polar surface area (TPSA) is 85.2 Å². The summed E-state index contributed by atoms with van der Waals surface area (Å²) in [7, 11) is 0. The van der Waals surface area contributed by atoms with Crippen molar-refractivity contribution < 1.29 is 14.3 Å². The van der Waals surface area contributed by atoms with Crippen molar-refractivity contribution in [2.24, 2.45) is 0 Å². The molecule has 1 unspecified atom stereocenters.